The van der Waals surface area contributed by atoms with Gasteiger partial charge >= 0.3 is 5.97 Å². The summed E-state index contributed by atoms with van der Waals surface area (Å²) in [5.41, 5.74) is 4.16. The standard InChI is InChI=1S/C19H17ClN2O3/c1-2-25-19(24)17-15(13-10-6-7-11-14(13)20)16(21-22-17)18(23)12-8-4-3-5-9-12/h3-11,15-16,21H,2H2,1H3/t15-,16-/m1/s1. The number of rotatable bonds is 5. The van der Waals surface area contributed by atoms with Crippen molar-refractivity contribution in [1.29, 1.82) is 0 Å². The molecule has 2 aromatic carbocycles. The van der Waals surface area contributed by atoms with Crippen LogP contribution in [0.2, 0.25) is 5.02 Å². The number of hydrogen-bond acceptors (Lipinski definition) is 5. The molecule has 0 unspecified atom stereocenters. The van der Waals surface area contributed by atoms with Crippen LogP contribution in [-0.4, -0.2) is 30.1 Å². The average molecular weight is 357 g/mol. The quantitative estimate of drug-likeness (QED) is 0.660. The van der Waals surface area contributed by atoms with Crippen LogP contribution in [0.4, 0.5) is 0 Å². The highest BCUT2D eigenvalue weighted by Gasteiger charge is 2.42. The molecule has 0 spiro atoms. The molecule has 0 radical (unpaired) electrons. The van der Waals surface area contributed by atoms with Crippen LogP contribution in [0.25, 0.3) is 0 Å². The molecule has 2 aromatic rings. The number of ketones is 1. The van der Waals surface area contributed by atoms with E-state index in [1.54, 1.807) is 49.4 Å². The molecule has 1 aliphatic heterocycles. The third-order valence-corrected chi connectivity index (χ3v) is 4.36. The minimum Gasteiger partial charge on any atom is -0.461 e. The molecule has 0 fully saturated rings. The van der Waals surface area contributed by atoms with E-state index in [0.29, 0.717) is 16.1 Å². The Kier molecular flexibility index (Phi) is 5.14. The Bertz CT molecular complexity index is 820. The molecule has 2 atom stereocenters. The van der Waals surface area contributed by atoms with Gasteiger partial charge in [0.25, 0.3) is 0 Å². The number of Topliss-reactive ketones (excluding diaryl/α,β-unsaturated/α-hetero) is 1. The number of ether oxygens (including phenoxy) is 1. The van der Waals surface area contributed by atoms with Gasteiger partial charge < -0.3 is 4.74 Å². The first-order valence-corrected chi connectivity index (χ1v) is 8.35. The Balaban J connectivity index is 2.00. The fourth-order valence-electron chi connectivity index (χ4n) is 2.86. The maximum absolute atomic E-state index is 12.9. The number of carbonyl (C=O) groups is 2. The Labute approximate surface area is 150 Å². The largest absolute Gasteiger partial charge is 0.461 e. The highest BCUT2D eigenvalue weighted by atomic mass is 35.5. The number of esters is 1. The Morgan fingerprint density at radius 2 is 1.80 bits per heavy atom. The van der Waals surface area contributed by atoms with Gasteiger partial charge in [0.05, 0.1) is 12.5 Å². The van der Waals surface area contributed by atoms with Crippen molar-refractivity contribution in [3.05, 3.63) is 70.7 Å². The fraction of sp³-hybridized carbons (Fsp3) is 0.211. The summed E-state index contributed by atoms with van der Waals surface area (Å²) in [6.07, 6.45) is 0. The summed E-state index contributed by atoms with van der Waals surface area (Å²) in [7, 11) is 0. The van der Waals surface area contributed by atoms with Gasteiger partial charge in [-0.1, -0.05) is 60.1 Å². The summed E-state index contributed by atoms with van der Waals surface area (Å²) < 4.78 is 5.09. The predicted octanol–water partition coefficient (Wildman–Crippen LogP) is 3.20. The molecular formula is C19H17ClN2O3. The van der Waals surface area contributed by atoms with Crippen molar-refractivity contribution >= 4 is 29.1 Å². The van der Waals surface area contributed by atoms with Gasteiger partial charge in [-0.15, -0.1) is 0 Å². The molecule has 1 N–H and O–H groups in total. The van der Waals surface area contributed by atoms with Gasteiger partial charge in [0, 0.05) is 10.6 Å². The normalized spacial score (nSPS) is 19.0. The molecule has 1 heterocycles. The zero-order chi connectivity index (χ0) is 17.8. The number of benzene rings is 2. The number of nitrogens with one attached hydrogen (secondary N) is 1. The second-order valence-electron chi connectivity index (χ2n) is 5.55. The summed E-state index contributed by atoms with van der Waals surface area (Å²) in [6.45, 7) is 1.95. The van der Waals surface area contributed by atoms with Crippen molar-refractivity contribution in [3.8, 4) is 0 Å². The zero-order valence-electron chi connectivity index (χ0n) is 13.6. The third-order valence-electron chi connectivity index (χ3n) is 4.02. The minimum absolute atomic E-state index is 0.157. The number of hydrogen-bond donors (Lipinski definition) is 1. The molecule has 0 amide bonds. The van der Waals surface area contributed by atoms with Crippen LogP contribution in [0.5, 0.6) is 0 Å². The number of halogens is 1. The number of carbonyl (C=O) groups excluding carboxylic acids is 2. The smallest absolute Gasteiger partial charge is 0.355 e. The van der Waals surface area contributed by atoms with Crippen molar-refractivity contribution < 1.29 is 14.3 Å². The Morgan fingerprint density at radius 1 is 1.12 bits per heavy atom. The molecule has 0 saturated carbocycles. The first-order valence-electron chi connectivity index (χ1n) is 7.97. The van der Waals surface area contributed by atoms with Gasteiger partial charge in [-0.3, -0.25) is 10.2 Å². The molecular weight excluding hydrogens is 340 g/mol. The predicted molar refractivity (Wildman–Crippen MR) is 96.0 cm³/mol. The Hall–Kier alpha value is -2.66. The first-order chi connectivity index (χ1) is 12.1. The maximum Gasteiger partial charge on any atom is 0.355 e. The van der Waals surface area contributed by atoms with E-state index < -0.39 is 17.9 Å². The van der Waals surface area contributed by atoms with Gasteiger partial charge in [0.1, 0.15) is 6.04 Å². The molecule has 128 valence electrons. The van der Waals surface area contributed by atoms with Gasteiger partial charge in [0.2, 0.25) is 0 Å². The molecule has 0 saturated heterocycles. The Morgan fingerprint density at radius 3 is 2.48 bits per heavy atom. The van der Waals surface area contributed by atoms with E-state index in [9.17, 15) is 9.59 Å². The zero-order valence-corrected chi connectivity index (χ0v) is 14.4. The first kappa shape index (κ1) is 17.2. The average Bonchev–Trinajstić information content (AvgIpc) is 3.07. The van der Waals surface area contributed by atoms with Crippen molar-refractivity contribution in [2.45, 2.75) is 18.9 Å². The summed E-state index contributed by atoms with van der Waals surface area (Å²) >= 11 is 6.32. The van der Waals surface area contributed by atoms with Gasteiger partial charge in [-0.05, 0) is 18.6 Å². The van der Waals surface area contributed by atoms with Crippen LogP contribution >= 0.6 is 11.6 Å². The summed E-state index contributed by atoms with van der Waals surface area (Å²) in [6, 6.07) is 15.3. The highest BCUT2D eigenvalue weighted by molar-refractivity contribution is 6.41. The van der Waals surface area contributed by atoms with E-state index in [-0.39, 0.29) is 18.1 Å². The van der Waals surface area contributed by atoms with Crippen LogP contribution < -0.4 is 5.43 Å². The molecule has 0 aliphatic carbocycles. The monoisotopic (exact) mass is 356 g/mol. The van der Waals surface area contributed by atoms with Crippen molar-refractivity contribution in [3.63, 3.8) is 0 Å². The van der Waals surface area contributed by atoms with Crippen molar-refractivity contribution in [1.82, 2.24) is 5.43 Å². The second-order valence-corrected chi connectivity index (χ2v) is 5.96. The third kappa shape index (κ3) is 3.42. The lowest BCUT2D eigenvalue weighted by Gasteiger charge is -2.20. The van der Waals surface area contributed by atoms with Crippen LogP contribution in [0.15, 0.2) is 59.7 Å². The van der Waals surface area contributed by atoms with Crippen molar-refractivity contribution in [2.24, 2.45) is 5.10 Å². The fourth-order valence-corrected chi connectivity index (χ4v) is 3.12. The molecule has 0 bridgehead atoms. The van der Waals surface area contributed by atoms with Crippen LogP contribution in [0.1, 0.15) is 28.8 Å². The SMILES string of the molecule is CCOC(=O)C1=NN[C@@H](C(=O)c2ccccc2)[C@H]1c1ccccc1Cl. The molecule has 5 nitrogen and oxygen atoms in total. The van der Waals surface area contributed by atoms with Crippen LogP contribution in [-0.2, 0) is 9.53 Å². The van der Waals surface area contributed by atoms with Gasteiger partial charge in [-0.25, -0.2) is 4.79 Å². The van der Waals surface area contributed by atoms with E-state index in [4.69, 9.17) is 16.3 Å². The number of hydrazone groups is 1. The number of nitrogens with zero attached hydrogens (tertiary/aromatic N) is 1. The van der Waals surface area contributed by atoms with E-state index in [0.717, 1.165) is 0 Å². The summed E-state index contributed by atoms with van der Waals surface area (Å²) in [5.74, 6) is -1.32. The van der Waals surface area contributed by atoms with E-state index in [1.807, 2.05) is 12.1 Å². The highest BCUT2D eigenvalue weighted by Crippen LogP contribution is 2.33. The topological polar surface area (TPSA) is 67.8 Å². The molecule has 0 aromatic heterocycles. The summed E-state index contributed by atoms with van der Waals surface area (Å²) in [5, 5.41) is 4.57. The molecule has 3 rings (SSSR count). The van der Waals surface area contributed by atoms with E-state index in [2.05, 4.69) is 10.5 Å². The van der Waals surface area contributed by atoms with Crippen molar-refractivity contribution in [2.75, 3.05) is 6.61 Å². The minimum atomic E-state index is -0.721. The molecule has 25 heavy (non-hydrogen) atoms. The molecule has 6 heteroatoms. The summed E-state index contributed by atoms with van der Waals surface area (Å²) in [4.78, 5) is 25.2. The van der Waals surface area contributed by atoms with Crippen LogP contribution in [0, 0.1) is 0 Å². The molecule has 1 aliphatic rings. The lowest BCUT2D eigenvalue weighted by atomic mass is 9.84. The van der Waals surface area contributed by atoms with Crippen LogP contribution in [0.3, 0.4) is 0 Å². The lowest BCUT2D eigenvalue weighted by molar-refractivity contribution is -0.135. The second kappa shape index (κ2) is 7.49. The van der Waals surface area contributed by atoms with E-state index in [1.165, 1.54) is 0 Å². The van der Waals surface area contributed by atoms with Gasteiger partial charge in [-0.2, -0.15) is 5.10 Å². The maximum atomic E-state index is 12.9. The van der Waals surface area contributed by atoms with E-state index >= 15 is 0 Å². The van der Waals surface area contributed by atoms with Gasteiger partial charge in [0.15, 0.2) is 11.5 Å². The lowest BCUT2D eigenvalue weighted by Crippen LogP contribution is -2.38.